The van der Waals surface area contributed by atoms with Gasteiger partial charge in [-0.05, 0) is 20.8 Å². The van der Waals surface area contributed by atoms with Crippen molar-refractivity contribution in [1.82, 2.24) is 5.32 Å². The first-order valence-electron chi connectivity index (χ1n) is 4.58. The molecule has 0 heterocycles. The van der Waals surface area contributed by atoms with Crippen molar-refractivity contribution in [3.63, 3.8) is 0 Å². The number of hydrogen-bond acceptors (Lipinski definition) is 4. The summed E-state index contributed by atoms with van der Waals surface area (Å²) in [7, 11) is 0. The van der Waals surface area contributed by atoms with Crippen LogP contribution in [0.4, 0.5) is 0 Å². The summed E-state index contributed by atoms with van der Waals surface area (Å²) in [5.74, 6) is -2.05. The highest BCUT2D eigenvalue weighted by Gasteiger charge is 2.30. The third kappa shape index (κ3) is 5.85. The number of ether oxygens (including phenoxy) is 1. The lowest BCUT2D eigenvalue weighted by Crippen LogP contribution is -2.46. The Labute approximate surface area is 89.1 Å². The van der Waals surface area contributed by atoms with Crippen molar-refractivity contribution in [2.75, 3.05) is 6.54 Å². The maximum atomic E-state index is 11.4. The van der Waals surface area contributed by atoms with Crippen molar-refractivity contribution in [2.24, 2.45) is 0 Å². The second-order valence-corrected chi connectivity index (χ2v) is 4.00. The monoisotopic (exact) mass is 215 g/mol. The number of nitrogens with one attached hydrogen (secondary N) is 1. The number of carboxylic acid groups (broad SMARTS) is 1. The molecule has 86 valence electrons. The van der Waals surface area contributed by atoms with E-state index in [9.17, 15) is 9.59 Å². The number of esters is 1. The molecule has 5 nitrogen and oxygen atoms in total. The number of carbonyl (C=O) groups is 2. The molecule has 5 heteroatoms. The first kappa shape index (κ1) is 13.6. The van der Waals surface area contributed by atoms with E-state index in [1.165, 1.54) is 6.08 Å². The van der Waals surface area contributed by atoms with Crippen LogP contribution in [0.1, 0.15) is 20.8 Å². The minimum absolute atomic E-state index is 0.232. The molecule has 0 aromatic carbocycles. The quantitative estimate of drug-likeness (QED) is 0.398. The molecule has 0 aliphatic carbocycles. The van der Waals surface area contributed by atoms with E-state index < -0.39 is 23.6 Å². The summed E-state index contributed by atoms with van der Waals surface area (Å²) < 4.78 is 4.94. The normalized spacial score (nSPS) is 13.0. The Morgan fingerprint density at radius 3 is 2.40 bits per heavy atom. The molecule has 0 unspecified atom stereocenters. The predicted octanol–water partition coefficient (Wildman–Crippen LogP) is 0.557. The smallest absolute Gasteiger partial charge is 0.335 e. The number of carbonyl (C=O) groups excluding carboxylic acids is 1. The number of aliphatic carboxylic acids is 1. The van der Waals surface area contributed by atoms with E-state index in [0.29, 0.717) is 0 Å². The van der Waals surface area contributed by atoms with Crippen LogP contribution in [0, 0.1) is 0 Å². The number of hydrogen-bond donors (Lipinski definition) is 2. The summed E-state index contributed by atoms with van der Waals surface area (Å²) in [6.07, 6.45) is 1.47. The SMILES string of the molecule is C=CCN[C@@H](C(=O)O)C(=O)OC(C)(C)C. The van der Waals surface area contributed by atoms with E-state index >= 15 is 0 Å². The molecule has 2 N–H and O–H groups in total. The first-order valence-corrected chi connectivity index (χ1v) is 4.58. The van der Waals surface area contributed by atoms with Gasteiger partial charge in [0.25, 0.3) is 0 Å². The highest BCUT2D eigenvalue weighted by molar-refractivity contribution is 5.98. The number of carboxylic acids is 1. The molecule has 0 aromatic heterocycles. The van der Waals surface area contributed by atoms with E-state index in [2.05, 4.69) is 11.9 Å². The second-order valence-electron chi connectivity index (χ2n) is 4.00. The van der Waals surface area contributed by atoms with Gasteiger partial charge in [0.2, 0.25) is 6.04 Å². The van der Waals surface area contributed by atoms with E-state index in [1.807, 2.05) is 0 Å². The van der Waals surface area contributed by atoms with Crippen molar-refractivity contribution in [3.05, 3.63) is 12.7 Å². The summed E-state index contributed by atoms with van der Waals surface area (Å²) >= 11 is 0. The fourth-order valence-corrected chi connectivity index (χ4v) is 0.833. The third-order valence-electron chi connectivity index (χ3n) is 1.36. The standard InChI is InChI=1S/C10H17NO4/c1-5-6-11-7(8(12)13)9(14)15-10(2,3)4/h5,7,11H,1,6H2,2-4H3,(H,12,13)/t7-/m0/s1. The highest BCUT2D eigenvalue weighted by Crippen LogP contribution is 2.08. The molecular formula is C10H17NO4. The third-order valence-corrected chi connectivity index (χ3v) is 1.36. The summed E-state index contributed by atoms with van der Waals surface area (Å²) in [6.45, 7) is 8.68. The Balaban J connectivity index is 4.42. The Bertz CT molecular complexity index is 255. The minimum atomic E-state index is -1.35. The molecule has 0 saturated heterocycles. The van der Waals surface area contributed by atoms with E-state index in [4.69, 9.17) is 9.84 Å². The Morgan fingerprint density at radius 1 is 1.53 bits per heavy atom. The van der Waals surface area contributed by atoms with Crippen LogP contribution in [0.2, 0.25) is 0 Å². The average molecular weight is 215 g/mol. The maximum Gasteiger partial charge on any atom is 0.335 e. The molecule has 0 radical (unpaired) electrons. The lowest BCUT2D eigenvalue weighted by atomic mass is 10.2. The van der Waals surface area contributed by atoms with Gasteiger partial charge in [-0.25, -0.2) is 9.59 Å². The Morgan fingerprint density at radius 2 is 2.07 bits per heavy atom. The molecule has 0 fully saturated rings. The molecule has 0 amide bonds. The number of rotatable bonds is 5. The molecule has 0 aliphatic heterocycles. The van der Waals surface area contributed by atoms with Gasteiger partial charge in [-0.3, -0.25) is 5.32 Å². The maximum absolute atomic E-state index is 11.4. The van der Waals surface area contributed by atoms with Gasteiger partial charge >= 0.3 is 11.9 Å². The van der Waals surface area contributed by atoms with E-state index in [-0.39, 0.29) is 6.54 Å². The van der Waals surface area contributed by atoms with Crippen molar-refractivity contribution >= 4 is 11.9 Å². The fourth-order valence-electron chi connectivity index (χ4n) is 0.833. The molecule has 0 saturated carbocycles. The topological polar surface area (TPSA) is 75.6 Å². The minimum Gasteiger partial charge on any atom is -0.480 e. The fraction of sp³-hybridized carbons (Fsp3) is 0.600. The molecule has 0 spiro atoms. The van der Waals surface area contributed by atoms with Gasteiger partial charge in [-0.1, -0.05) is 6.08 Å². The van der Waals surface area contributed by atoms with Gasteiger partial charge in [-0.2, -0.15) is 0 Å². The average Bonchev–Trinajstić information content (AvgIpc) is 2.00. The zero-order chi connectivity index (χ0) is 12.1. The van der Waals surface area contributed by atoms with Crippen LogP contribution in [-0.2, 0) is 14.3 Å². The van der Waals surface area contributed by atoms with Crippen LogP contribution >= 0.6 is 0 Å². The summed E-state index contributed by atoms with van der Waals surface area (Å²) in [5.41, 5.74) is -0.694. The van der Waals surface area contributed by atoms with Gasteiger partial charge < -0.3 is 9.84 Å². The van der Waals surface area contributed by atoms with Crippen LogP contribution in [0.15, 0.2) is 12.7 Å². The van der Waals surface area contributed by atoms with E-state index in [1.54, 1.807) is 20.8 Å². The molecule has 0 aromatic rings. The molecule has 0 bridgehead atoms. The van der Waals surface area contributed by atoms with Crippen molar-refractivity contribution < 1.29 is 19.4 Å². The molecule has 0 rings (SSSR count). The zero-order valence-corrected chi connectivity index (χ0v) is 9.24. The molecular weight excluding hydrogens is 198 g/mol. The van der Waals surface area contributed by atoms with Gasteiger partial charge in [0.1, 0.15) is 5.60 Å². The molecule has 0 aliphatic rings. The van der Waals surface area contributed by atoms with Gasteiger partial charge in [0, 0.05) is 6.54 Å². The Kier molecular flexibility index (Phi) is 5.00. The van der Waals surface area contributed by atoms with Crippen LogP contribution in [-0.4, -0.2) is 35.2 Å². The van der Waals surface area contributed by atoms with Crippen molar-refractivity contribution in [2.45, 2.75) is 32.4 Å². The second kappa shape index (κ2) is 5.50. The lowest BCUT2D eigenvalue weighted by Gasteiger charge is -2.22. The van der Waals surface area contributed by atoms with Crippen molar-refractivity contribution in [3.8, 4) is 0 Å². The summed E-state index contributed by atoms with van der Waals surface area (Å²) in [6, 6.07) is -1.35. The summed E-state index contributed by atoms with van der Waals surface area (Å²) in [4.78, 5) is 22.1. The van der Waals surface area contributed by atoms with Crippen LogP contribution in [0.3, 0.4) is 0 Å². The largest absolute Gasteiger partial charge is 0.480 e. The van der Waals surface area contributed by atoms with Crippen LogP contribution < -0.4 is 5.32 Å². The zero-order valence-electron chi connectivity index (χ0n) is 9.24. The van der Waals surface area contributed by atoms with E-state index in [0.717, 1.165) is 0 Å². The molecule has 15 heavy (non-hydrogen) atoms. The summed E-state index contributed by atoms with van der Waals surface area (Å²) in [5, 5.41) is 11.3. The van der Waals surface area contributed by atoms with Gasteiger partial charge in [0.05, 0.1) is 0 Å². The van der Waals surface area contributed by atoms with Crippen LogP contribution in [0.25, 0.3) is 0 Å². The Hall–Kier alpha value is -1.36. The van der Waals surface area contributed by atoms with Gasteiger partial charge in [0.15, 0.2) is 0 Å². The highest BCUT2D eigenvalue weighted by atomic mass is 16.6. The van der Waals surface area contributed by atoms with Gasteiger partial charge in [-0.15, -0.1) is 6.58 Å². The first-order chi connectivity index (χ1) is 6.78. The lowest BCUT2D eigenvalue weighted by molar-refractivity contribution is -0.163. The predicted molar refractivity (Wildman–Crippen MR) is 55.5 cm³/mol. The van der Waals surface area contributed by atoms with Crippen molar-refractivity contribution in [1.29, 1.82) is 0 Å². The molecule has 1 atom stereocenters. The van der Waals surface area contributed by atoms with Crippen LogP contribution in [0.5, 0.6) is 0 Å².